The number of rotatable bonds is 7. The SMILES string of the molecule is CCN(CC)C(=O)C1CC(NC(=O)c2ccncc2)CN1Cc1ncc[nH]1. The standard InChI is InChI=1S/C19H26N6O2/c1-3-24(4-2)19(27)16-11-15(12-25(16)13-17-21-9-10-22-17)23-18(26)14-5-7-20-8-6-14/h5-10,15-16H,3-4,11-13H2,1-2H3,(H,21,22)(H,23,26). The monoisotopic (exact) mass is 370 g/mol. The number of H-pyrrole nitrogens is 1. The summed E-state index contributed by atoms with van der Waals surface area (Å²) in [6.07, 6.45) is 7.26. The van der Waals surface area contributed by atoms with Crippen LogP contribution in [-0.4, -0.2) is 68.3 Å². The van der Waals surface area contributed by atoms with Crippen LogP contribution in [-0.2, 0) is 11.3 Å². The van der Waals surface area contributed by atoms with Gasteiger partial charge in [-0.1, -0.05) is 0 Å². The van der Waals surface area contributed by atoms with Gasteiger partial charge in [-0.05, 0) is 32.4 Å². The third kappa shape index (κ3) is 4.51. The number of aromatic amines is 1. The molecule has 2 aromatic rings. The van der Waals surface area contributed by atoms with Crippen LogP contribution >= 0.6 is 0 Å². The predicted molar refractivity (Wildman–Crippen MR) is 101 cm³/mol. The van der Waals surface area contributed by atoms with Crippen molar-refractivity contribution in [2.45, 2.75) is 38.9 Å². The Morgan fingerprint density at radius 3 is 2.63 bits per heavy atom. The lowest BCUT2D eigenvalue weighted by Crippen LogP contribution is -2.45. The van der Waals surface area contributed by atoms with E-state index in [1.54, 1.807) is 36.9 Å². The van der Waals surface area contributed by atoms with E-state index in [0.29, 0.717) is 38.2 Å². The van der Waals surface area contributed by atoms with Crippen LogP contribution in [0.15, 0.2) is 36.9 Å². The van der Waals surface area contributed by atoms with Crippen LogP contribution < -0.4 is 5.32 Å². The smallest absolute Gasteiger partial charge is 0.251 e. The van der Waals surface area contributed by atoms with Gasteiger partial charge in [0.1, 0.15) is 5.82 Å². The van der Waals surface area contributed by atoms with Crippen molar-refractivity contribution in [1.82, 2.24) is 30.1 Å². The van der Waals surface area contributed by atoms with Gasteiger partial charge in [0.15, 0.2) is 0 Å². The number of nitrogens with zero attached hydrogens (tertiary/aromatic N) is 4. The molecule has 0 spiro atoms. The molecule has 1 saturated heterocycles. The van der Waals surface area contributed by atoms with Crippen molar-refractivity contribution in [3.8, 4) is 0 Å². The minimum atomic E-state index is -0.266. The fourth-order valence-electron chi connectivity index (χ4n) is 3.53. The second-order valence-corrected chi connectivity index (χ2v) is 6.63. The highest BCUT2D eigenvalue weighted by atomic mass is 16.2. The normalized spacial score (nSPS) is 19.8. The number of hydrogen-bond acceptors (Lipinski definition) is 5. The molecule has 8 nitrogen and oxygen atoms in total. The molecule has 0 aliphatic carbocycles. The Balaban J connectivity index is 1.72. The summed E-state index contributed by atoms with van der Waals surface area (Å²) in [5.74, 6) is 0.775. The van der Waals surface area contributed by atoms with E-state index in [9.17, 15) is 9.59 Å². The van der Waals surface area contributed by atoms with Crippen LogP contribution in [0.25, 0.3) is 0 Å². The predicted octanol–water partition coefficient (Wildman–Crippen LogP) is 1.05. The highest BCUT2D eigenvalue weighted by Crippen LogP contribution is 2.22. The van der Waals surface area contributed by atoms with Crippen molar-refractivity contribution in [2.24, 2.45) is 0 Å². The lowest BCUT2D eigenvalue weighted by atomic mass is 10.1. The van der Waals surface area contributed by atoms with E-state index in [4.69, 9.17) is 0 Å². The van der Waals surface area contributed by atoms with Crippen molar-refractivity contribution < 1.29 is 9.59 Å². The summed E-state index contributed by atoms with van der Waals surface area (Å²) in [5, 5.41) is 3.05. The topological polar surface area (TPSA) is 94.2 Å². The van der Waals surface area contributed by atoms with Gasteiger partial charge in [0.05, 0.1) is 12.6 Å². The van der Waals surface area contributed by atoms with Gasteiger partial charge in [0.2, 0.25) is 5.91 Å². The highest BCUT2D eigenvalue weighted by molar-refractivity contribution is 5.94. The Morgan fingerprint density at radius 1 is 1.26 bits per heavy atom. The zero-order valence-electron chi connectivity index (χ0n) is 15.8. The number of carbonyl (C=O) groups excluding carboxylic acids is 2. The molecule has 2 atom stereocenters. The Kier molecular flexibility index (Phi) is 6.18. The van der Waals surface area contributed by atoms with Gasteiger partial charge in [-0.15, -0.1) is 0 Å². The van der Waals surface area contributed by atoms with Crippen molar-refractivity contribution in [2.75, 3.05) is 19.6 Å². The molecule has 2 aromatic heterocycles. The van der Waals surface area contributed by atoms with E-state index in [1.807, 2.05) is 18.7 Å². The Bertz CT molecular complexity index is 745. The molecule has 0 aromatic carbocycles. The summed E-state index contributed by atoms with van der Waals surface area (Å²) in [4.78, 5) is 40.7. The van der Waals surface area contributed by atoms with Gasteiger partial charge in [0.25, 0.3) is 5.91 Å². The number of likely N-dealkylation sites (N-methyl/N-ethyl adjacent to an activating group) is 1. The molecule has 3 heterocycles. The Hall–Kier alpha value is -2.74. The maximum atomic E-state index is 13.0. The van der Waals surface area contributed by atoms with Crippen LogP contribution in [0.4, 0.5) is 0 Å². The molecule has 3 rings (SSSR count). The lowest BCUT2D eigenvalue weighted by Gasteiger charge is -2.28. The lowest BCUT2D eigenvalue weighted by molar-refractivity contribution is -0.135. The van der Waals surface area contributed by atoms with Crippen LogP contribution in [0.1, 0.15) is 36.5 Å². The van der Waals surface area contributed by atoms with E-state index in [-0.39, 0.29) is 23.9 Å². The molecule has 0 saturated carbocycles. The number of amides is 2. The number of carbonyl (C=O) groups is 2. The van der Waals surface area contributed by atoms with Gasteiger partial charge >= 0.3 is 0 Å². The molecule has 1 aliphatic rings. The maximum Gasteiger partial charge on any atom is 0.251 e. The number of hydrogen-bond donors (Lipinski definition) is 2. The van der Waals surface area contributed by atoms with Gasteiger partial charge in [-0.2, -0.15) is 0 Å². The number of nitrogens with one attached hydrogen (secondary N) is 2. The summed E-state index contributed by atoms with van der Waals surface area (Å²) >= 11 is 0. The fourth-order valence-corrected chi connectivity index (χ4v) is 3.53. The molecular formula is C19H26N6O2. The summed E-state index contributed by atoms with van der Waals surface area (Å²) < 4.78 is 0. The van der Waals surface area contributed by atoms with Crippen molar-refractivity contribution >= 4 is 11.8 Å². The van der Waals surface area contributed by atoms with Crippen LogP contribution in [0.2, 0.25) is 0 Å². The first-order chi connectivity index (χ1) is 13.1. The van der Waals surface area contributed by atoms with Gasteiger partial charge in [-0.25, -0.2) is 4.98 Å². The van der Waals surface area contributed by atoms with Gasteiger partial charge < -0.3 is 15.2 Å². The molecule has 2 amide bonds. The third-order valence-corrected chi connectivity index (χ3v) is 4.95. The zero-order valence-corrected chi connectivity index (χ0v) is 15.8. The number of likely N-dealkylation sites (tertiary alicyclic amines) is 1. The number of imidazole rings is 1. The summed E-state index contributed by atoms with van der Waals surface area (Å²) in [6, 6.07) is 3.01. The average Bonchev–Trinajstić information content (AvgIpc) is 3.33. The molecule has 27 heavy (non-hydrogen) atoms. The zero-order chi connectivity index (χ0) is 19.2. The van der Waals surface area contributed by atoms with Gasteiger partial charge in [-0.3, -0.25) is 19.5 Å². The molecule has 2 N–H and O–H groups in total. The Morgan fingerprint density at radius 2 is 2.00 bits per heavy atom. The van der Waals surface area contributed by atoms with Crippen LogP contribution in [0.5, 0.6) is 0 Å². The van der Waals surface area contributed by atoms with Crippen LogP contribution in [0.3, 0.4) is 0 Å². The van der Waals surface area contributed by atoms with Gasteiger partial charge in [0, 0.05) is 56.0 Å². The summed E-state index contributed by atoms with van der Waals surface area (Å²) in [5.41, 5.74) is 0.570. The number of aromatic nitrogens is 3. The van der Waals surface area contributed by atoms with E-state index < -0.39 is 0 Å². The molecule has 2 unspecified atom stereocenters. The quantitative estimate of drug-likeness (QED) is 0.760. The first kappa shape index (κ1) is 19.0. The Labute approximate surface area is 159 Å². The molecule has 0 radical (unpaired) electrons. The van der Waals surface area contributed by atoms with Crippen molar-refractivity contribution in [3.63, 3.8) is 0 Å². The largest absolute Gasteiger partial charge is 0.348 e. The molecule has 1 aliphatic heterocycles. The molecule has 0 bridgehead atoms. The average molecular weight is 370 g/mol. The van der Waals surface area contributed by atoms with Crippen molar-refractivity contribution in [1.29, 1.82) is 0 Å². The minimum Gasteiger partial charge on any atom is -0.348 e. The molecule has 1 fully saturated rings. The second kappa shape index (κ2) is 8.77. The first-order valence-electron chi connectivity index (χ1n) is 9.34. The van der Waals surface area contributed by atoms with Crippen LogP contribution in [0, 0.1) is 0 Å². The number of pyridine rings is 1. The van der Waals surface area contributed by atoms with Crippen molar-refractivity contribution in [3.05, 3.63) is 48.3 Å². The third-order valence-electron chi connectivity index (χ3n) is 4.95. The van der Waals surface area contributed by atoms with E-state index in [1.165, 1.54) is 0 Å². The highest BCUT2D eigenvalue weighted by Gasteiger charge is 2.39. The summed E-state index contributed by atoms with van der Waals surface area (Å²) in [7, 11) is 0. The maximum absolute atomic E-state index is 13.0. The van der Waals surface area contributed by atoms with E-state index in [2.05, 4.69) is 25.2 Å². The summed E-state index contributed by atoms with van der Waals surface area (Å²) in [6.45, 7) is 6.47. The first-order valence-corrected chi connectivity index (χ1v) is 9.34. The fraction of sp³-hybridized carbons (Fsp3) is 0.474. The molecular weight excluding hydrogens is 344 g/mol. The molecule has 144 valence electrons. The van der Waals surface area contributed by atoms with E-state index >= 15 is 0 Å². The molecule has 8 heteroatoms. The minimum absolute atomic E-state index is 0.0925. The second-order valence-electron chi connectivity index (χ2n) is 6.63. The van der Waals surface area contributed by atoms with E-state index in [0.717, 1.165) is 5.82 Å².